The molecule has 0 unspecified atom stereocenters. The Morgan fingerprint density at radius 1 is 1.33 bits per heavy atom. The first-order chi connectivity index (χ1) is 7.18. The summed E-state index contributed by atoms with van der Waals surface area (Å²) in [4.78, 5) is 17.3. The quantitative estimate of drug-likeness (QED) is 0.633. The van der Waals surface area contributed by atoms with E-state index in [1.54, 1.807) is 11.1 Å². The van der Waals surface area contributed by atoms with Crippen molar-refractivity contribution < 1.29 is 4.79 Å². The molecule has 1 aromatic rings. The van der Waals surface area contributed by atoms with Crippen LogP contribution in [0.4, 0.5) is 5.69 Å². The van der Waals surface area contributed by atoms with Gasteiger partial charge < -0.3 is 0 Å². The van der Waals surface area contributed by atoms with Gasteiger partial charge in [0.05, 0.1) is 5.69 Å². The van der Waals surface area contributed by atoms with Gasteiger partial charge in [-0.2, -0.15) is 0 Å². The summed E-state index contributed by atoms with van der Waals surface area (Å²) in [5, 5.41) is 0. The lowest BCUT2D eigenvalue weighted by Gasteiger charge is -2.13. The second-order valence-electron chi connectivity index (χ2n) is 3.42. The Hall–Kier alpha value is -1.90. The number of hydrogen-bond acceptors (Lipinski definition) is 2. The summed E-state index contributed by atoms with van der Waals surface area (Å²) in [6.07, 6.45) is 3.66. The van der Waals surface area contributed by atoms with Gasteiger partial charge >= 0.3 is 0 Å². The minimum absolute atomic E-state index is 0.0275. The number of fused-ring (bicyclic) bond motifs is 1. The Balaban J connectivity index is 2.51. The first kappa shape index (κ1) is 9.65. The van der Waals surface area contributed by atoms with E-state index in [-0.39, 0.29) is 5.91 Å². The van der Waals surface area contributed by atoms with Crippen molar-refractivity contribution in [1.29, 1.82) is 0 Å². The molecule has 0 saturated carbocycles. The Kier molecular flexibility index (Phi) is 2.37. The zero-order chi connectivity index (χ0) is 10.8. The van der Waals surface area contributed by atoms with Crippen LogP contribution in [0.5, 0.6) is 0 Å². The number of nitrogens with zero attached hydrogens (tertiary/aromatic N) is 2. The lowest BCUT2D eigenvalue weighted by molar-refractivity contribution is -0.123. The molecular weight excluding hydrogens is 188 g/mol. The molecule has 0 radical (unpaired) electrons. The number of amidine groups is 1. The second-order valence-corrected chi connectivity index (χ2v) is 3.42. The third kappa shape index (κ3) is 1.81. The number of carbonyl (C=O) groups is 1. The molecule has 0 aliphatic carbocycles. The van der Waals surface area contributed by atoms with E-state index in [9.17, 15) is 4.79 Å². The highest BCUT2D eigenvalue weighted by atomic mass is 16.2. The summed E-state index contributed by atoms with van der Waals surface area (Å²) >= 11 is 0. The number of hydrogen-bond donors (Lipinski definition) is 0. The Morgan fingerprint density at radius 3 is 2.80 bits per heavy atom. The number of aliphatic imine (C=N–C) groups is 1. The van der Waals surface area contributed by atoms with E-state index in [0.29, 0.717) is 5.84 Å². The van der Waals surface area contributed by atoms with Gasteiger partial charge in [-0.25, -0.2) is 4.99 Å². The molecule has 1 amide bonds. The molecule has 15 heavy (non-hydrogen) atoms. The van der Waals surface area contributed by atoms with Crippen LogP contribution in [0.1, 0.15) is 19.4 Å². The average molecular weight is 200 g/mol. The van der Waals surface area contributed by atoms with Gasteiger partial charge in [0.15, 0.2) is 0 Å². The molecule has 0 spiro atoms. The van der Waals surface area contributed by atoms with E-state index >= 15 is 0 Å². The smallest absolute Gasteiger partial charge is 0.228 e. The minimum Gasteiger partial charge on any atom is -0.276 e. The molecule has 1 aromatic carbocycles. The number of carbonyl (C=O) groups excluding carboxylic acids is 1. The largest absolute Gasteiger partial charge is 0.276 e. The molecular formula is C12H12N2O. The molecule has 3 heteroatoms. The first-order valence-electron chi connectivity index (χ1n) is 4.81. The zero-order valence-corrected chi connectivity index (χ0v) is 8.77. The van der Waals surface area contributed by atoms with Crippen LogP contribution < -0.4 is 0 Å². The zero-order valence-electron chi connectivity index (χ0n) is 8.77. The van der Waals surface area contributed by atoms with E-state index in [0.717, 1.165) is 11.3 Å². The molecule has 1 heterocycles. The first-order valence-corrected chi connectivity index (χ1v) is 4.81. The molecule has 0 fully saturated rings. The molecule has 0 atom stereocenters. The normalized spacial score (nSPS) is 14.3. The van der Waals surface area contributed by atoms with Crippen LogP contribution in [-0.2, 0) is 4.79 Å². The standard InChI is InChI=1S/C12H12N2O/c1-9-13-12-6-4-3-5-11(12)7-8-14(9)10(2)15/h3-8H,1-2H3. The van der Waals surface area contributed by atoms with Crippen molar-refractivity contribution in [2.24, 2.45) is 4.99 Å². The molecule has 76 valence electrons. The van der Waals surface area contributed by atoms with Crippen molar-refractivity contribution in [3.8, 4) is 0 Å². The fraction of sp³-hybridized carbons (Fsp3) is 0.167. The van der Waals surface area contributed by atoms with Gasteiger partial charge in [-0.1, -0.05) is 18.2 Å². The average Bonchev–Trinajstić information content (AvgIpc) is 2.35. The fourth-order valence-corrected chi connectivity index (χ4v) is 1.55. The highest BCUT2D eigenvalue weighted by molar-refractivity contribution is 6.00. The molecule has 1 aliphatic rings. The molecule has 2 rings (SSSR count). The van der Waals surface area contributed by atoms with E-state index in [2.05, 4.69) is 4.99 Å². The molecule has 0 saturated heterocycles. The van der Waals surface area contributed by atoms with E-state index in [1.165, 1.54) is 6.92 Å². The Labute approximate surface area is 88.7 Å². The van der Waals surface area contributed by atoms with Crippen molar-refractivity contribution in [3.63, 3.8) is 0 Å². The predicted molar refractivity (Wildman–Crippen MR) is 60.8 cm³/mol. The van der Waals surface area contributed by atoms with Crippen molar-refractivity contribution in [1.82, 2.24) is 4.90 Å². The number of rotatable bonds is 0. The highest BCUT2D eigenvalue weighted by Crippen LogP contribution is 2.23. The molecule has 1 aliphatic heterocycles. The Morgan fingerprint density at radius 2 is 2.07 bits per heavy atom. The molecule has 0 bridgehead atoms. The molecule has 0 aromatic heterocycles. The van der Waals surface area contributed by atoms with Crippen LogP contribution in [0.15, 0.2) is 35.5 Å². The van der Waals surface area contributed by atoms with Crippen molar-refractivity contribution in [2.75, 3.05) is 0 Å². The van der Waals surface area contributed by atoms with Gasteiger partial charge in [-0.05, 0) is 19.1 Å². The number of benzene rings is 1. The SMILES string of the molecule is CC(=O)N1C=Cc2ccccc2N=C1C. The van der Waals surface area contributed by atoms with Gasteiger partial charge in [0, 0.05) is 18.7 Å². The third-order valence-corrected chi connectivity index (χ3v) is 2.31. The minimum atomic E-state index is -0.0275. The summed E-state index contributed by atoms with van der Waals surface area (Å²) in [5.74, 6) is 0.670. The number of para-hydroxylation sites is 1. The maximum atomic E-state index is 11.3. The van der Waals surface area contributed by atoms with Crippen LogP contribution >= 0.6 is 0 Å². The van der Waals surface area contributed by atoms with Crippen LogP contribution in [0, 0.1) is 0 Å². The van der Waals surface area contributed by atoms with Crippen LogP contribution in [0.2, 0.25) is 0 Å². The Bertz CT molecular complexity index is 460. The monoisotopic (exact) mass is 200 g/mol. The van der Waals surface area contributed by atoms with Gasteiger partial charge in [0.2, 0.25) is 5.91 Å². The molecule has 0 N–H and O–H groups in total. The van der Waals surface area contributed by atoms with Crippen molar-refractivity contribution in [2.45, 2.75) is 13.8 Å². The van der Waals surface area contributed by atoms with E-state index in [1.807, 2.05) is 37.3 Å². The van der Waals surface area contributed by atoms with Gasteiger partial charge in [0.25, 0.3) is 0 Å². The predicted octanol–water partition coefficient (Wildman–Crippen LogP) is 2.57. The van der Waals surface area contributed by atoms with Crippen molar-refractivity contribution >= 4 is 23.5 Å². The summed E-state index contributed by atoms with van der Waals surface area (Å²) in [7, 11) is 0. The van der Waals surface area contributed by atoms with E-state index in [4.69, 9.17) is 0 Å². The van der Waals surface area contributed by atoms with Gasteiger partial charge in [0.1, 0.15) is 5.84 Å². The summed E-state index contributed by atoms with van der Waals surface area (Å²) in [6, 6.07) is 7.81. The topological polar surface area (TPSA) is 32.7 Å². The van der Waals surface area contributed by atoms with E-state index < -0.39 is 0 Å². The second kappa shape index (κ2) is 3.69. The van der Waals surface area contributed by atoms with Crippen LogP contribution in [0.3, 0.4) is 0 Å². The summed E-state index contributed by atoms with van der Waals surface area (Å²) < 4.78 is 0. The molecule has 3 nitrogen and oxygen atoms in total. The lowest BCUT2D eigenvalue weighted by atomic mass is 10.2. The van der Waals surface area contributed by atoms with Crippen molar-refractivity contribution in [3.05, 3.63) is 36.0 Å². The lowest BCUT2D eigenvalue weighted by Crippen LogP contribution is -2.27. The van der Waals surface area contributed by atoms with Crippen LogP contribution in [0.25, 0.3) is 6.08 Å². The summed E-state index contributed by atoms with van der Waals surface area (Å²) in [5.41, 5.74) is 1.93. The number of amides is 1. The van der Waals surface area contributed by atoms with Gasteiger partial charge in [-0.15, -0.1) is 0 Å². The fourth-order valence-electron chi connectivity index (χ4n) is 1.55. The summed E-state index contributed by atoms with van der Waals surface area (Å²) in [6.45, 7) is 3.35. The highest BCUT2D eigenvalue weighted by Gasteiger charge is 2.12. The third-order valence-electron chi connectivity index (χ3n) is 2.31. The van der Waals surface area contributed by atoms with Crippen LogP contribution in [-0.4, -0.2) is 16.6 Å². The maximum Gasteiger partial charge on any atom is 0.228 e. The van der Waals surface area contributed by atoms with Gasteiger partial charge in [-0.3, -0.25) is 9.69 Å². The maximum absolute atomic E-state index is 11.3.